The second-order valence-electron chi connectivity index (χ2n) is 6.70. The average Bonchev–Trinajstić information content (AvgIpc) is 2.77. The van der Waals surface area contributed by atoms with Crippen molar-refractivity contribution in [3.05, 3.63) is 95.1 Å². The Balaban J connectivity index is 0.000000181. The highest BCUT2D eigenvalue weighted by Crippen LogP contribution is 2.23. The van der Waals surface area contributed by atoms with Crippen LogP contribution >= 0.6 is 0 Å². The summed E-state index contributed by atoms with van der Waals surface area (Å²) in [7, 11) is 0. The van der Waals surface area contributed by atoms with Gasteiger partial charge >= 0.3 is 23.9 Å². The molecule has 0 fully saturated rings. The van der Waals surface area contributed by atoms with Crippen molar-refractivity contribution < 1.29 is 39.6 Å². The van der Waals surface area contributed by atoms with Gasteiger partial charge in [-0.1, -0.05) is 36.4 Å². The molecule has 160 valence electrons. The molecule has 0 aliphatic rings. The van der Waals surface area contributed by atoms with Gasteiger partial charge in [0.05, 0.1) is 22.3 Å². The smallest absolute Gasteiger partial charge is 0.336 e. The number of hydrogen-bond donors (Lipinski definition) is 4. The van der Waals surface area contributed by atoms with E-state index < -0.39 is 23.9 Å². The summed E-state index contributed by atoms with van der Waals surface area (Å²) in [5.41, 5.74) is 0.604. The van der Waals surface area contributed by atoms with Gasteiger partial charge < -0.3 is 20.4 Å². The highest BCUT2D eigenvalue weighted by Gasteiger charge is 2.14. The Bertz CT molecular complexity index is 1280. The van der Waals surface area contributed by atoms with E-state index >= 15 is 0 Å². The van der Waals surface area contributed by atoms with E-state index in [0.29, 0.717) is 21.5 Å². The van der Waals surface area contributed by atoms with E-state index in [9.17, 15) is 19.2 Å². The van der Waals surface area contributed by atoms with Crippen LogP contribution in [0.25, 0.3) is 21.5 Å². The monoisotopic (exact) mass is 432 g/mol. The lowest BCUT2D eigenvalue weighted by atomic mass is 10.00. The molecule has 0 aromatic heterocycles. The number of benzene rings is 4. The molecule has 4 N–H and O–H groups in total. The van der Waals surface area contributed by atoms with Gasteiger partial charge in [-0.15, -0.1) is 0 Å². The topological polar surface area (TPSA) is 149 Å². The van der Waals surface area contributed by atoms with Crippen LogP contribution in [0.3, 0.4) is 0 Å². The molecule has 0 spiro atoms. The molecule has 0 saturated carbocycles. The molecule has 4 aromatic carbocycles. The summed E-state index contributed by atoms with van der Waals surface area (Å²) in [6, 6.07) is 18.3. The van der Waals surface area contributed by atoms with Gasteiger partial charge in [-0.2, -0.15) is 0 Å². The minimum absolute atomic E-state index is 0.112. The second kappa shape index (κ2) is 8.97. The van der Waals surface area contributed by atoms with Crippen LogP contribution in [0.1, 0.15) is 41.4 Å². The first-order valence-electron chi connectivity index (χ1n) is 9.18. The zero-order chi connectivity index (χ0) is 23.4. The fraction of sp³-hybridized carbons (Fsp3) is 0. The van der Waals surface area contributed by atoms with Crippen LogP contribution < -0.4 is 0 Å². The summed E-state index contributed by atoms with van der Waals surface area (Å²) in [5.74, 6) is -4.12. The molecule has 4 rings (SSSR count). The van der Waals surface area contributed by atoms with E-state index in [-0.39, 0.29) is 22.3 Å². The van der Waals surface area contributed by atoms with E-state index in [1.165, 1.54) is 36.4 Å². The summed E-state index contributed by atoms with van der Waals surface area (Å²) >= 11 is 0. The van der Waals surface area contributed by atoms with Gasteiger partial charge in [-0.05, 0) is 57.9 Å². The molecule has 32 heavy (non-hydrogen) atoms. The fourth-order valence-corrected chi connectivity index (χ4v) is 3.18. The summed E-state index contributed by atoms with van der Waals surface area (Å²) in [6.07, 6.45) is 0. The van der Waals surface area contributed by atoms with Crippen molar-refractivity contribution in [1.82, 2.24) is 0 Å². The first kappa shape index (κ1) is 22.0. The first-order chi connectivity index (χ1) is 15.2. The molecule has 0 unspecified atom stereocenters. The molecule has 0 amide bonds. The maximum absolute atomic E-state index is 10.9. The lowest BCUT2D eigenvalue weighted by Gasteiger charge is -2.05. The Labute approximate surface area is 180 Å². The number of hydrogen-bond acceptors (Lipinski definition) is 4. The summed E-state index contributed by atoms with van der Waals surface area (Å²) in [5, 5.41) is 37.8. The van der Waals surface area contributed by atoms with Crippen LogP contribution in [0.5, 0.6) is 0 Å². The molecule has 0 aliphatic carbocycles. The molecular weight excluding hydrogens is 416 g/mol. The quantitative estimate of drug-likeness (QED) is 0.369. The third-order valence-electron chi connectivity index (χ3n) is 4.72. The molecule has 4 aromatic rings. The van der Waals surface area contributed by atoms with Gasteiger partial charge in [0.15, 0.2) is 0 Å². The number of carboxylic acid groups (broad SMARTS) is 4. The van der Waals surface area contributed by atoms with Crippen molar-refractivity contribution in [2.45, 2.75) is 0 Å². The number of rotatable bonds is 4. The fourth-order valence-electron chi connectivity index (χ4n) is 3.18. The molecule has 8 heteroatoms. The second-order valence-corrected chi connectivity index (χ2v) is 6.70. The van der Waals surface area contributed by atoms with Crippen molar-refractivity contribution >= 4 is 45.4 Å². The average molecular weight is 432 g/mol. The van der Waals surface area contributed by atoms with Gasteiger partial charge in [-0.3, -0.25) is 0 Å². The lowest BCUT2D eigenvalue weighted by molar-refractivity contribution is 0.0684. The molecule has 8 nitrogen and oxygen atoms in total. The maximum Gasteiger partial charge on any atom is 0.336 e. The zero-order valence-corrected chi connectivity index (χ0v) is 16.4. The van der Waals surface area contributed by atoms with E-state index in [0.717, 1.165) is 0 Å². The molecule has 0 bridgehead atoms. The SMILES string of the molecule is O=C(O)c1ccc(C(=O)O)c2ccccc12.O=C(O)c1ccc2cc(C(=O)O)ccc2c1. The lowest BCUT2D eigenvalue weighted by Crippen LogP contribution is -2.02. The third-order valence-corrected chi connectivity index (χ3v) is 4.72. The number of carboxylic acids is 4. The van der Waals surface area contributed by atoms with Crippen molar-refractivity contribution in [1.29, 1.82) is 0 Å². The Morgan fingerprint density at radius 3 is 1.16 bits per heavy atom. The first-order valence-corrected chi connectivity index (χ1v) is 9.18. The van der Waals surface area contributed by atoms with E-state index in [1.807, 2.05) is 0 Å². The predicted octanol–water partition coefficient (Wildman–Crippen LogP) is 4.47. The highest BCUT2D eigenvalue weighted by atomic mass is 16.4. The maximum atomic E-state index is 10.9. The predicted molar refractivity (Wildman–Crippen MR) is 116 cm³/mol. The summed E-state index contributed by atoms with van der Waals surface area (Å²) in [4.78, 5) is 43.3. The summed E-state index contributed by atoms with van der Waals surface area (Å²) < 4.78 is 0. The normalized spacial score (nSPS) is 10.2. The number of aromatic carboxylic acids is 4. The van der Waals surface area contributed by atoms with E-state index in [4.69, 9.17) is 20.4 Å². The molecule has 0 atom stereocenters. The van der Waals surface area contributed by atoms with Crippen LogP contribution in [-0.4, -0.2) is 44.3 Å². The molecular formula is C24H16O8. The van der Waals surface area contributed by atoms with Crippen LogP contribution in [0.15, 0.2) is 72.8 Å². The van der Waals surface area contributed by atoms with Crippen molar-refractivity contribution in [3.63, 3.8) is 0 Å². The van der Waals surface area contributed by atoms with Crippen LogP contribution in [0, 0.1) is 0 Å². The van der Waals surface area contributed by atoms with Gasteiger partial charge in [0.1, 0.15) is 0 Å². The standard InChI is InChI=1S/2C12H8O4/c13-11(14)9-3-1-7-5-10(12(15)16)4-2-8(7)6-9;13-11(14)9-5-6-10(12(15)16)8-4-2-1-3-7(8)9/h2*1-6H,(H,13,14)(H,15,16). The van der Waals surface area contributed by atoms with Crippen molar-refractivity contribution in [3.8, 4) is 0 Å². The minimum Gasteiger partial charge on any atom is -0.478 e. The van der Waals surface area contributed by atoms with Crippen molar-refractivity contribution in [2.24, 2.45) is 0 Å². The van der Waals surface area contributed by atoms with Gasteiger partial charge in [-0.25, -0.2) is 19.2 Å². The zero-order valence-electron chi connectivity index (χ0n) is 16.4. The van der Waals surface area contributed by atoms with Crippen LogP contribution in [-0.2, 0) is 0 Å². The Hall–Kier alpha value is -4.72. The third kappa shape index (κ3) is 4.54. The van der Waals surface area contributed by atoms with Gasteiger partial charge in [0.25, 0.3) is 0 Å². The Kier molecular flexibility index (Phi) is 6.16. The van der Waals surface area contributed by atoms with E-state index in [2.05, 4.69) is 0 Å². The number of carbonyl (C=O) groups is 4. The van der Waals surface area contributed by atoms with Gasteiger partial charge in [0, 0.05) is 0 Å². The van der Waals surface area contributed by atoms with Gasteiger partial charge in [0.2, 0.25) is 0 Å². The number of fused-ring (bicyclic) bond motifs is 2. The Morgan fingerprint density at radius 2 is 0.844 bits per heavy atom. The van der Waals surface area contributed by atoms with Crippen LogP contribution in [0.4, 0.5) is 0 Å². The molecule has 0 heterocycles. The minimum atomic E-state index is -1.06. The van der Waals surface area contributed by atoms with E-state index in [1.54, 1.807) is 36.4 Å². The molecule has 0 saturated heterocycles. The molecule has 0 radical (unpaired) electrons. The van der Waals surface area contributed by atoms with Crippen molar-refractivity contribution in [2.75, 3.05) is 0 Å². The summed E-state index contributed by atoms with van der Waals surface area (Å²) in [6.45, 7) is 0. The molecule has 0 aliphatic heterocycles. The van der Waals surface area contributed by atoms with Crippen LogP contribution in [0.2, 0.25) is 0 Å². The Morgan fingerprint density at radius 1 is 0.469 bits per heavy atom. The highest BCUT2D eigenvalue weighted by molar-refractivity contribution is 6.11. The largest absolute Gasteiger partial charge is 0.478 e.